The zero-order valence-electron chi connectivity index (χ0n) is 19.4. The molecule has 5 heterocycles. The van der Waals surface area contributed by atoms with Crippen LogP contribution in [0.5, 0.6) is 0 Å². The Bertz CT molecular complexity index is 1340. The van der Waals surface area contributed by atoms with Gasteiger partial charge >= 0.3 is 0 Å². The molecule has 14 nitrogen and oxygen atoms in total. The fraction of sp³-hybridized carbons (Fsp3) is 0.364. The number of imidazole rings is 1. The lowest BCUT2D eigenvalue weighted by Gasteiger charge is -2.24. The third-order valence-corrected chi connectivity index (χ3v) is 6.17. The van der Waals surface area contributed by atoms with E-state index in [0.29, 0.717) is 48.4 Å². The fourth-order valence-electron chi connectivity index (χ4n) is 4.16. The van der Waals surface area contributed by atoms with Crippen molar-refractivity contribution in [3.05, 3.63) is 49.1 Å². The van der Waals surface area contributed by atoms with Crippen molar-refractivity contribution < 1.29 is 9.53 Å². The average Bonchev–Trinajstić information content (AvgIpc) is 3.29. The van der Waals surface area contributed by atoms with Gasteiger partial charge in [-0.15, -0.1) is 0 Å². The van der Waals surface area contributed by atoms with Crippen molar-refractivity contribution in [2.75, 3.05) is 29.2 Å². The lowest BCUT2D eigenvalue weighted by molar-refractivity contribution is -0.117. The van der Waals surface area contributed by atoms with Gasteiger partial charge in [-0.05, 0) is 12.8 Å². The molecular weight excluding hydrogens is 464 g/mol. The first-order chi connectivity index (χ1) is 17.7. The summed E-state index contributed by atoms with van der Waals surface area (Å²) in [5.41, 5.74) is 1.09. The van der Waals surface area contributed by atoms with E-state index in [1.807, 2.05) is 11.0 Å². The van der Waals surface area contributed by atoms with E-state index in [9.17, 15) is 4.79 Å². The number of aromatic amines is 1. The monoisotopic (exact) mass is 488 g/mol. The van der Waals surface area contributed by atoms with Crippen molar-refractivity contribution in [2.45, 2.75) is 37.3 Å². The summed E-state index contributed by atoms with van der Waals surface area (Å²) in [5, 5.41) is 13.4. The van der Waals surface area contributed by atoms with Gasteiger partial charge in [0.25, 0.3) is 0 Å². The zero-order valence-corrected chi connectivity index (χ0v) is 19.4. The molecule has 1 amide bonds. The Morgan fingerprint density at radius 3 is 2.75 bits per heavy atom. The van der Waals surface area contributed by atoms with Crippen molar-refractivity contribution in [2.24, 2.45) is 0 Å². The number of anilines is 4. The minimum Gasteiger partial charge on any atom is -0.380 e. The van der Waals surface area contributed by atoms with Crippen molar-refractivity contribution in [3.63, 3.8) is 0 Å². The number of amides is 1. The van der Waals surface area contributed by atoms with Gasteiger partial charge < -0.3 is 20.3 Å². The van der Waals surface area contributed by atoms with Crippen LogP contribution >= 0.6 is 0 Å². The van der Waals surface area contributed by atoms with E-state index >= 15 is 0 Å². The largest absolute Gasteiger partial charge is 0.380 e. The molecule has 184 valence electrons. The maximum absolute atomic E-state index is 13.2. The first-order valence-corrected chi connectivity index (χ1v) is 11.6. The number of rotatable bonds is 8. The number of H-pyrrole nitrogens is 1. The molecule has 1 aliphatic carbocycles. The van der Waals surface area contributed by atoms with Crippen LogP contribution < -0.4 is 15.5 Å². The first-order valence-electron chi connectivity index (χ1n) is 11.6. The second-order valence-corrected chi connectivity index (χ2v) is 8.68. The molecule has 2 atom stereocenters. The predicted octanol–water partition coefficient (Wildman–Crippen LogP) is 1.42. The SMILES string of the molecule is CO[C@H]1C[C@@H](C(=O)Nc2cnccn2)N(c2nc(Nc3cc(C4CC4)[nH]n3)nc(-n3ccnc3)n2)C1. The maximum Gasteiger partial charge on any atom is 0.248 e. The fourth-order valence-corrected chi connectivity index (χ4v) is 4.16. The Balaban J connectivity index is 1.32. The van der Waals surface area contributed by atoms with E-state index in [4.69, 9.17) is 4.74 Å². The van der Waals surface area contributed by atoms with Crippen molar-refractivity contribution in [1.29, 1.82) is 0 Å². The summed E-state index contributed by atoms with van der Waals surface area (Å²) in [6.07, 6.45) is 12.1. The number of carbonyl (C=O) groups is 1. The van der Waals surface area contributed by atoms with Crippen LogP contribution in [0.25, 0.3) is 5.95 Å². The third-order valence-electron chi connectivity index (χ3n) is 6.17. The quantitative estimate of drug-likeness (QED) is 0.328. The van der Waals surface area contributed by atoms with Gasteiger partial charge in [-0.25, -0.2) is 9.97 Å². The number of methoxy groups -OCH3 is 1. The summed E-state index contributed by atoms with van der Waals surface area (Å²) in [4.78, 5) is 41.1. The van der Waals surface area contributed by atoms with Crippen molar-refractivity contribution in [3.8, 4) is 5.95 Å². The molecule has 6 rings (SSSR count). The molecule has 0 spiro atoms. The second kappa shape index (κ2) is 9.30. The number of hydrogen-bond donors (Lipinski definition) is 3. The molecule has 1 aliphatic heterocycles. The van der Waals surface area contributed by atoms with Crippen LogP contribution in [-0.4, -0.2) is 76.4 Å². The van der Waals surface area contributed by atoms with Crippen LogP contribution in [0.2, 0.25) is 0 Å². The molecule has 4 aromatic heterocycles. The average molecular weight is 489 g/mol. The Morgan fingerprint density at radius 2 is 2.00 bits per heavy atom. The van der Waals surface area contributed by atoms with Gasteiger partial charge in [0.1, 0.15) is 12.4 Å². The molecular formula is C22H24N12O2. The standard InChI is InChI=1S/C22H24N12O2/c1-36-14-8-16(19(35)26-18-10-23-4-5-25-18)34(11-14)22-29-20(28-21(30-22)33-7-6-24-12-33)27-17-9-15(31-32-17)13-2-3-13/h4-7,9-10,12-14,16H,2-3,8,11H2,1H3,(H,25,26,35)(H2,27,28,29,30,31,32)/t14-,16-/m0/s1. The van der Waals surface area contributed by atoms with E-state index < -0.39 is 6.04 Å². The normalized spacial score (nSPS) is 19.4. The molecule has 0 bridgehead atoms. The molecule has 1 saturated heterocycles. The highest BCUT2D eigenvalue weighted by molar-refractivity contribution is 5.96. The van der Waals surface area contributed by atoms with Gasteiger partial charge in [0.2, 0.25) is 23.8 Å². The van der Waals surface area contributed by atoms with E-state index in [1.54, 1.807) is 36.6 Å². The topological polar surface area (TPSA) is 165 Å². The van der Waals surface area contributed by atoms with E-state index in [-0.39, 0.29) is 12.0 Å². The molecule has 3 N–H and O–H groups in total. The number of aromatic nitrogens is 9. The van der Waals surface area contributed by atoms with Gasteiger partial charge in [-0.1, -0.05) is 0 Å². The minimum atomic E-state index is -0.588. The number of nitrogens with zero attached hydrogens (tertiary/aromatic N) is 9. The van der Waals surface area contributed by atoms with Gasteiger partial charge in [0.05, 0.1) is 12.3 Å². The van der Waals surface area contributed by atoms with Gasteiger partial charge in [-0.3, -0.25) is 19.4 Å². The number of carbonyl (C=O) groups excluding carboxylic acids is 1. The highest BCUT2D eigenvalue weighted by Gasteiger charge is 2.39. The van der Waals surface area contributed by atoms with Gasteiger partial charge in [-0.2, -0.15) is 20.1 Å². The Hall–Kier alpha value is -4.46. The van der Waals surface area contributed by atoms with E-state index in [0.717, 1.165) is 18.5 Å². The summed E-state index contributed by atoms with van der Waals surface area (Å²) in [6.45, 7) is 0.427. The lowest BCUT2D eigenvalue weighted by Crippen LogP contribution is -2.41. The summed E-state index contributed by atoms with van der Waals surface area (Å²) in [5.74, 6) is 2.23. The number of ether oxygens (including phenoxy) is 1. The Labute approximate surface area is 205 Å². The van der Waals surface area contributed by atoms with Gasteiger partial charge in [0.15, 0.2) is 11.6 Å². The number of hydrogen-bond acceptors (Lipinski definition) is 11. The second-order valence-electron chi connectivity index (χ2n) is 8.68. The highest BCUT2D eigenvalue weighted by Crippen LogP contribution is 2.39. The van der Waals surface area contributed by atoms with Crippen LogP contribution in [0.1, 0.15) is 30.9 Å². The Kier molecular flexibility index (Phi) is 5.69. The van der Waals surface area contributed by atoms with Crippen LogP contribution in [0.4, 0.5) is 23.5 Å². The van der Waals surface area contributed by atoms with E-state index in [2.05, 4.69) is 50.7 Å². The van der Waals surface area contributed by atoms with Crippen LogP contribution in [0.3, 0.4) is 0 Å². The lowest BCUT2D eigenvalue weighted by atomic mass is 10.2. The molecule has 2 aliphatic rings. The Morgan fingerprint density at radius 1 is 1.11 bits per heavy atom. The molecule has 0 aromatic carbocycles. The molecule has 2 fully saturated rings. The summed E-state index contributed by atoms with van der Waals surface area (Å²) >= 11 is 0. The first kappa shape index (κ1) is 22.0. The van der Waals surface area contributed by atoms with E-state index in [1.165, 1.54) is 12.4 Å². The zero-order chi connectivity index (χ0) is 24.5. The van der Waals surface area contributed by atoms with Crippen LogP contribution in [0.15, 0.2) is 43.4 Å². The molecule has 36 heavy (non-hydrogen) atoms. The van der Waals surface area contributed by atoms with Crippen LogP contribution in [0, 0.1) is 0 Å². The van der Waals surface area contributed by atoms with Gasteiger partial charge in [0, 0.05) is 62.5 Å². The highest BCUT2D eigenvalue weighted by atomic mass is 16.5. The van der Waals surface area contributed by atoms with Crippen LogP contribution in [-0.2, 0) is 9.53 Å². The van der Waals surface area contributed by atoms with Crippen molar-refractivity contribution in [1.82, 2.24) is 44.7 Å². The molecule has 0 unspecified atom stereocenters. The minimum absolute atomic E-state index is 0.181. The molecule has 1 saturated carbocycles. The summed E-state index contributed by atoms with van der Waals surface area (Å²) in [6, 6.07) is 1.38. The molecule has 14 heteroatoms. The molecule has 4 aromatic rings. The third kappa shape index (κ3) is 4.57. The summed E-state index contributed by atoms with van der Waals surface area (Å²) < 4.78 is 7.26. The molecule has 0 radical (unpaired) electrons. The maximum atomic E-state index is 13.2. The smallest absolute Gasteiger partial charge is 0.248 e. The summed E-state index contributed by atoms with van der Waals surface area (Å²) in [7, 11) is 1.62. The predicted molar refractivity (Wildman–Crippen MR) is 128 cm³/mol. The number of nitrogens with one attached hydrogen (secondary N) is 3. The van der Waals surface area contributed by atoms with Crippen molar-refractivity contribution >= 4 is 29.4 Å².